The van der Waals surface area contributed by atoms with Gasteiger partial charge >= 0.3 is 6.09 Å². The Balaban J connectivity index is 2.00. The van der Waals surface area contributed by atoms with Crippen molar-refractivity contribution in [1.29, 1.82) is 0 Å². The molecule has 3 nitrogen and oxygen atoms in total. The SMILES string of the molecule is CC(C)(C)OC(=O)N1CC2(CC2)C[C@H]1CBr. The van der Waals surface area contributed by atoms with E-state index in [1.54, 1.807) is 0 Å². The van der Waals surface area contributed by atoms with E-state index >= 15 is 0 Å². The maximum absolute atomic E-state index is 12.0. The third kappa shape index (κ3) is 2.53. The van der Waals surface area contributed by atoms with E-state index in [1.165, 1.54) is 12.8 Å². The number of halogens is 1. The third-order valence-electron chi connectivity index (χ3n) is 3.38. The Labute approximate surface area is 106 Å². The van der Waals surface area contributed by atoms with Crippen LogP contribution in [0.25, 0.3) is 0 Å². The minimum absolute atomic E-state index is 0.152. The summed E-state index contributed by atoms with van der Waals surface area (Å²) in [5.41, 5.74) is 0.0442. The summed E-state index contributed by atoms with van der Waals surface area (Å²) in [7, 11) is 0. The predicted octanol–water partition coefficient (Wildman–Crippen LogP) is 3.17. The first-order valence-electron chi connectivity index (χ1n) is 5.91. The Hall–Kier alpha value is -0.250. The van der Waals surface area contributed by atoms with Crippen molar-refractivity contribution in [2.75, 3.05) is 11.9 Å². The highest BCUT2D eigenvalue weighted by molar-refractivity contribution is 9.09. The highest BCUT2D eigenvalue weighted by atomic mass is 79.9. The van der Waals surface area contributed by atoms with Crippen molar-refractivity contribution in [3.63, 3.8) is 0 Å². The van der Waals surface area contributed by atoms with Gasteiger partial charge in [-0.1, -0.05) is 15.9 Å². The van der Waals surface area contributed by atoms with Crippen molar-refractivity contribution in [2.45, 2.75) is 51.7 Å². The average Bonchev–Trinajstić information content (AvgIpc) is 2.75. The number of hydrogen-bond acceptors (Lipinski definition) is 2. The molecular weight excluding hydrogens is 270 g/mol. The number of ether oxygens (including phenoxy) is 1. The van der Waals surface area contributed by atoms with Crippen LogP contribution in [0.15, 0.2) is 0 Å². The summed E-state index contributed by atoms with van der Waals surface area (Å²) in [5, 5.41) is 0.855. The number of amides is 1. The maximum atomic E-state index is 12.0. The van der Waals surface area contributed by atoms with Gasteiger partial charge in [0.25, 0.3) is 0 Å². The molecule has 1 aliphatic heterocycles. The van der Waals surface area contributed by atoms with Gasteiger partial charge in [-0.25, -0.2) is 4.79 Å². The molecule has 1 heterocycles. The van der Waals surface area contributed by atoms with Crippen LogP contribution in [0.2, 0.25) is 0 Å². The largest absolute Gasteiger partial charge is 0.444 e. The summed E-state index contributed by atoms with van der Waals surface area (Å²) in [6.07, 6.45) is 3.53. The number of likely N-dealkylation sites (tertiary alicyclic amines) is 1. The molecular formula is C12H20BrNO2. The van der Waals surface area contributed by atoms with Crippen LogP contribution < -0.4 is 0 Å². The summed E-state index contributed by atoms with van der Waals surface area (Å²) in [6.45, 7) is 6.63. The minimum atomic E-state index is -0.396. The standard InChI is InChI=1S/C12H20BrNO2/c1-11(2,3)16-10(15)14-8-12(4-5-12)6-9(14)7-13/h9H,4-8H2,1-3H3/t9-/m0/s1. The minimum Gasteiger partial charge on any atom is -0.444 e. The molecule has 0 unspecified atom stereocenters. The lowest BCUT2D eigenvalue weighted by atomic mass is 10.0. The molecule has 0 N–H and O–H groups in total. The molecule has 1 spiro atoms. The van der Waals surface area contributed by atoms with Crippen LogP contribution >= 0.6 is 15.9 Å². The van der Waals surface area contributed by atoms with Gasteiger partial charge in [0, 0.05) is 17.9 Å². The monoisotopic (exact) mass is 289 g/mol. The molecule has 1 amide bonds. The normalized spacial score (nSPS) is 27.2. The molecule has 1 atom stereocenters. The molecule has 0 aromatic rings. The molecule has 4 heteroatoms. The molecule has 1 saturated heterocycles. The van der Waals surface area contributed by atoms with Crippen LogP contribution in [0.3, 0.4) is 0 Å². The van der Waals surface area contributed by atoms with Gasteiger partial charge in [-0.3, -0.25) is 0 Å². The molecule has 0 aromatic carbocycles. The first kappa shape index (κ1) is 12.2. The second-order valence-corrected chi connectivity index (χ2v) is 6.77. The first-order valence-corrected chi connectivity index (χ1v) is 7.03. The van der Waals surface area contributed by atoms with Gasteiger partial charge in [-0.15, -0.1) is 0 Å². The number of carbonyl (C=O) groups excluding carboxylic acids is 1. The zero-order valence-electron chi connectivity index (χ0n) is 10.3. The summed E-state index contributed by atoms with van der Waals surface area (Å²) in [6, 6.07) is 0.317. The molecule has 0 bridgehead atoms. The topological polar surface area (TPSA) is 29.5 Å². The number of nitrogens with zero attached hydrogens (tertiary/aromatic N) is 1. The van der Waals surface area contributed by atoms with Crippen molar-refractivity contribution in [1.82, 2.24) is 4.90 Å². The van der Waals surface area contributed by atoms with Crippen molar-refractivity contribution in [2.24, 2.45) is 5.41 Å². The van der Waals surface area contributed by atoms with Crippen molar-refractivity contribution < 1.29 is 9.53 Å². The van der Waals surface area contributed by atoms with Gasteiger partial charge in [0.1, 0.15) is 5.60 Å². The van der Waals surface area contributed by atoms with E-state index in [4.69, 9.17) is 4.74 Å². The Morgan fingerprint density at radius 3 is 2.56 bits per heavy atom. The van der Waals surface area contributed by atoms with Gasteiger partial charge in [0.15, 0.2) is 0 Å². The number of rotatable bonds is 1. The lowest BCUT2D eigenvalue weighted by molar-refractivity contribution is 0.0235. The summed E-state index contributed by atoms with van der Waals surface area (Å²) in [4.78, 5) is 13.9. The Kier molecular flexibility index (Phi) is 2.97. The molecule has 16 heavy (non-hydrogen) atoms. The lowest BCUT2D eigenvalue weighted by Crippen LogP contribution is -2.40. The van der Waals surface area contributed by atoms with Gasteiger partial charge in [-0.05, 0) is 45.4 Å². The maximum Gasteiger partial charge on any atom is 0.410 e. The summed E-state index contributed by atoms with van der Waals surface area (Å²) >= 11 is 3.49. The van der Waals surface area contributed by atoms with Crippen LogP contribution in [0.5, 0.6) is 0 Å². The Bertz CT molecular complexity index is 294. The van der Waals surface area contributed by atoms with E-state index in [2.05, 4.69) is 15.9 Å². The quantitative estimate of drug-likeness (QED) is 0.694. The Morgan fingerprint density at radius 1 is 1.50 bits per heavy atom. The van der Waals surface area contributed by atoms with Crippen LogP contribution in [-0.4, -0.2) is 34.5 Å². The van der Waals surface area contributed by atoms with E-state index in [0.29, 0.717) is 11.5 Å². The molecule has 2 aliphatic rings. The van der Waals surface area contributed by atoms with Gasteiger partial charge < -0.3 is 9.64 Å². The number of carbonyl (C=O) groups is 1. The zero-order valence-corrected chi connectivity index (χ0v) is 11.8. The molecule has 0 radical (unpaired) electrons. The van der Waals surface area contributed by atoms with E-state index < -0.39 is 5.60 Å². The highest BCUT2D eigenvalue weighted by Crippen LogP contribution is 2.55. The van der Waals surface area contributed by atoms with Crippen LogP contribution in [0, 0.1) is 5.41 Å². The summed E-state index contributed by atoms with van der Waals surface area (Å²) in [5.74, 6) is 0. The zero-order chi connectivity index (χ0) is 12.0. The lowest BCUT2D eigenvalue weighted by Gasteiger charge is -2.27. The summed E-state index contributed by atoms with van der Waals surface area (Å²) < 4.78 is 5.44. The van der Waals surface area contributed by atoms with Crippen LogP contribution in [-0.2, 0) is 4.74 Å². The predicted molar refractivity (Wildman–Crippen MR) is 66.8 cm³/mol. The third-order valence-corrected chi connectivity index (χ3v) is 4.13. The second kappa shape index (κ2) is 3.90. The van der Waals surface area contributed by atoms with Crippen molar-refractivity contribution in [3.8, 4) is 0 Å². The first-order chi connectivity index (χ1) is 7.35. The fourth-order valence-corrected chi connectivity index (χ4v) is 2.95. The van der Waals surface area contributed by atoms with Crippen LogP contribution in [0.4, 0.5) is 4.79 Å². The smallest absolute Gasteiger partial charge is 0.410 e. The molecule has 92 valence electrons. The van der Waals surface area contributed by atoms with E-state index in [1.807, 2.05) is 25.7 Å². The second-order valence-electron chi connectivity index (χ2n) is 6.12. The molecule has 1 saturated carbocycles. The molecule has 0 aromatic heterocycles. The molecule has 2 fully saturated rings. The Morgan fingerprint density at radius 2 is 2.12 bits per heavy atom. The average molecular weight is 290 g/mol. The highest BCUT2D eigenvalue weighted by Gasteiger charge is 2.53. The fourth-order valence-electron chi connectivity index (χ4n) is 2.38. The number of alkyl halides is 1. The molecule has 2 rings (SSSR count). The van der Waals surface area contributed by atoms with Crippen molar-refractivity contribution >= 4 is 22.0 Å². The van der Waals surface area contributed by atoms with Gasteiger partial charge in [-0.2, -0.15) is 0 Å². The van der Waals surface area contributed by atoms with E-state index in [9.17, 15) is 4.79 Å². The van der Waals surface area contributed by atoms with Crippen LogP contribution in [0.1, 0.15) is 40.0 Å². The van der Waals surface area contributed by atoms with E-state index in [0.717, 1.165) is 18.3 Å². The number of hydrogen-bond donors (Lipinski definition) is 0. The molecule has 1 aliphatic carbocycles. The van der Waals surface area contributed by atoms with E-state index in [-0.39, 0.29) is 6.09 Å². The van der Waals surface area contributed by atoms with Gasteiger partial charge in [0.05, 0.1) is 0 Å². The fraction of sp³-hybridized carbons (Fsp3) is 0.917. The van der Waals surface area contributed by atoms with Gasteiger partial charge in [0.2, 0.25) is 0 Å². The van der Waals surface area contributed by atoms with Crippen molar-refractivity contribution in [3.05, 3.63) is 0 Å².